The minimum absolute atomic E-state index is 0.0537. The average molecular weight is 334 g/mol. The van der Waals surface area contributed by atoms with Gasteiger partial charge in [-0.25, -0.2) is 0 Å². The Hall–Kier alpha value is -2.62. The van der Waals surface area contributed by atoms with Gasteiger partial charge in [-0.05, 0) is 48.1 Å². The zero-order valence-corrected chi connectivity index (χ0v) is 14.2. The van der Waals surface area contributed by atoms with E-state index in [1.165, 1.54) is 17.5 Å². The maximum Gasteiger partial charge on any atom is 0.229 e. The smallest absolute Gasteiger partial charge is 0.229 e. The topological polar surface area (TPSA) is 49.4 Å². The molecule has 4 nitrogen and oxygen atoms in total. The van der Waals surface area contributed by atoms with Crippen molar-refractivity contribution in [3.8, 4) is 0 Å². The minimum atomic E-state index is -0.274. The summed E-state index contributed by atoms with van der Waals surface area (Å²) in [4.78, 5) is 26.6. The first-order valence-corrected chi connectivity index (χ1v) is 8.93. The van der Waals surface area contributed by atoms with E-state index in [1.807, 2.05) is 36.4 Å². The highest BCUT2D eigenvalue weighted by molar-refractivity contribution is 5.97. The molecule has 0 saturated carbocycles. The number of aryl methyl sites for hydroxylation is 2. The highest BCUT2D eigenvalue weighted by Crippen LogP contribution is 2.26. The number of rotatable bonds is 4. The van der Waals surface area contributed by atoms with Crippen LogP contribution in [0.5, 0.6) is 0 Å². The molecule has 4 rings (SSSR count). The van der Waals surface area contributed by atoms with E-state index in [0.717, 1.165) is 24.1 Å². The van der Waals surface area contributed by atoms with Crippen LogP contribution in [0.25, 0.3) is 0 Å². The normalized spacial score (nSPS) is 19.1. The molecule has 1 aliphatic carbocycles. The van der Waals surface area contributed by atoms with E-state index in [-0.39, 0.29) is 17.7 Å². The predicted octanol–water partition coefficient (Wildman–Crippen LogP) is 3.16. The molecule has 1 N–H and O–H groups in total. The van der Waals surface area contributed by atoms with Crippen LogP contribution in [-0.2, 0) is 29.0 Å². The number of carbonyl (C=O) groups excluding carboxylic acids is 2. The molecule has 1 saturated heterocycles. The second kappa shape index (κ2) is 6.71. The van der Waals surface area contributed by atoms with Gasteiger partial charge in [0.05, 0.1) is 5.92 Å². The Balaban J connectivity index is 1.39. The lowest BCUT2D eigenvalue weighted by molar-refractivity contribution is -0.128. The van der Waals surface area contributed by atoms with Gasteiger partial charge in [-0.1, -0.05) is 36.4 Å². The van der Waals surface area contributed by atoms with Crippen LogP contribution in [0.1, 0.15) is 29.5 Å². The van der Waals surface area contributed by atoms with Crippen LogP contribution in [0.4, 0.5) is 5.69 Å². The summed E-state index contributed by atoms with van der Waals surface area (Å²) in [7, 11) is 0. The van der Waals surface area contributed by atoms with E-state index in [0.29, 0.717) is 19.5 Å². The van der Waals surface area contributed by atoms with E-state index in [1.54, 1.807) is 4.90 Å². The molecular weight excluding hydrogens is 312 g/mol. The van der Waals surface area contributed by atoms with Crippen molar-refractivity contribution in [2.45, 2.75) is 32.2 Å². The lowest BCUT2D eigenvalue weighted by Gasteiger charge is -2.16. The van der Waals surface area contributed by atoms with Crippen molar-refractivity contribution in [3.05, 3.63) is 65.2 Å². The van der Waals surface area contributed by atoms with Crippen molar-refractivity contribution in [1.82, 2.24) is 4.90 Å². The molecule has 4 heteroatoms. The van der Waals surface area contributed by atoms with Crippen LogP contribution in [0.2, 0.25) is 0 Å². The molecule has 1 aliphatic heterocycles. The van der Waals surface area contributed by atoms with Crippen LogP contribution in [-0.4, -0.2) is 23.3 Å². The molecule has 2 aliphatic rings. The third-order valence-electron chi connectivity index (χ3n) is 5.17. The predicted molar refractivity (Wildman–Crippen MR) is 97.1 cm³/mol. The Morgan fingerprint density at radius 2 is 1.88 bits per heavy atom. The van der Waals surface area contributed by atoms with Gasteiger partial charge in [0, 0.05) is 25.2 Å². The molecule has 1 fully saturated rings. The standard InChI is InChI=1S/C21H22N2O2/c24-20-12-18(14-23(20)13-15-5-2-1-3-6-15)21(25)22-19-10-9-16-7-4-8-17(16)11-19/h1-3,5-6,9-11,18H,4,7-8,12-14H2,(H,22,25)/t18-/m1/s1. The Morgan fingerprint density at radius 1 is 1.08 bits per heavy atom. The van der Waals surface area contributed by atoms with Gasteiger partial charge < -0.3 is 10.2 Å². The van der Waals surface area contributed by atoms with E-state index in [2.05, 4.69) is 17.4 Å². The lowest BCUT2D eigenvalue weighted by atomic mass is 10.1. The van der Waals surface area contributed by atoms with Gasteiger partial charge in [0.25, 0.3) is 0 Å². The SMILES string of the molecule is O=C(Nc1ccc2c(c1)CCC2)[C@@H]1CC(=O)N(Cc2ccccc2)C1. The zero-order chi connectivity index (χ0) is 17.2. The number of amides is 2. The molecule has 128 valence electrons. The Bertz CT molecular complexity index is 801. The number of nitrogens with zero attached hydrogens (tertiary/aromatic N) is 1. The molecule has 1 atom stereocenters. The first-order chi connectivity index (χ1) is 12.2. The number of hydrogen-bond acceptors (Lipinski definition) is 2. The van der Waals surface area contributed by atoms with Gasteiger partial charge in [0.2, 0.25) is 11.8 Å². The van der Waals surface area contributed by atoms with Crippen LogP contribution in [0, 0.1) is 5.92 Å². The number of nitrogens with one attached hydrogen (secondary N) is 1. The van der Waals surface area contributed by atoms with Crippen LogP contribution < -0.4 is 5.32 Å². The van der Waals surface area contributed by atoms with E-state index >= 15 is 0 Å². The number of likely N-dealkylation sites (tertiary alicyclic amines) is 1. The summed E-state index contributed by atoms with van der Waals surface area (Å²) in [6, 6.07) is 16.1. The summed E-state index contributed by atoms with van der Waals surface area (Å²) in [6.45, 7) is 1.06. The Kier molecular flexibility index (Phi) is 4.26. The third kappa shape index (κ3) is 3.43. The highest BCUT2D eigenvalue weighted by atomic mass is 16.2. The fourth-order valence-corrected chi connectivity index (χ4v) is 3.80. The number of anilines is 1. The van der Waals surface area contributed by atoms with Gasteiger partial charge in [-0.3, -0.25) is 9.59 Å². The largest absolute Gasteiger partial charge is 0.338 e. The molecule has 1 heterocycles. The molecule has 2 aromatic rings. The number of carbonyl (C=O) groups is 2. The molecular formula is C21H22N2O2. The molecule has 0 unspecified atom stereocenters. The summed E-state index contributed by atoms with van der Waals surface area (Å²) in [5, 5.41) is 3.00. The van der Waals surface area contributed by atoms with Crippen molar-refractivity contribution in [2.75, 3.05) is 11.9 Å². The third-order valence-corrected chi connectivity index (χ3v) is 5.17. The van der Waals surface area contributed by atoms with Gasteiger partial charge in [0.1, 0.15) is 0 Å². The molecule has 25 heavy (non-hydrogen) atoms. The molecule has 2 amide bonds. The number of fused-ring (bicyclic) bond motifs is 1. The van der Waals surface area contributed by atoms with Gasteiger partial charge >= 0.3 is 0 Å². The van der Waals surface area contributed by atoms with Gasteiger partial charge in [0.15, 0.2) is 0 Å². The average Bonchev–Trinajstić information content (AvgIpc) is 3.22. The van der Waals surface area contributed by atoms with Crippen LogP contribution in [0.15, 0.2) is 48.5 Å². The summed E-state index contributed by atoms with van der Waals surface area (Å²) in [5.74, 6) is -0.274. The van der Waals surface area contributed by atoms with E-state index in [9.17, 15) is 9.59 Å². The molecule has 0 bridgehead atoms. The first-order valence-electron chi connectivity index (χ1n) is 8.93. The summed E-state index contributed by atoms with van der Waals surface area (Å²) in [5.41, 5.74) is 4.67. The number of hydrogen-bond donors (Lipinski definition) is 1. The second-order valence-electron chi connectivity index (χ2n) is 6.99. The first kappa shape index (κ1) is 15.9. The van der Waals surface area contributed by atoms with Gasteiger partial charge in [-0.2, -0.15) is 0 Å². The zero-order valence-electron chi connectivity index (χ0n) is 14.2. The maximum atomic E-state index is 12.6. The van der Waals surface area contributed by atoms with Crippen LogP contribution in [0.3, 0.4) is 0 Å². The van der Waals surface area contributed by atoms with Crippen molar-refractivity contribution in [3.63, 3.8) is 0 Å². The van der Waals surface area contributed by atoms with Crippen molar-refractivity contribution in [2.24, 2.45) is 5.92 Å². The second-order valence-corrected chi connectivity index (χ2v) is 6.99. The van der Waals surface area contributed by atoms with Gasteiger partial charge in [-0.15, -0.1) is 0 Å². The van der Waals surface area contributed by atoms with E-state index < -0.39 is 0 Å². The van der Waals surface area contributed by atoms with Crippen molar-refractivity contribution >= 4 is 17.5 Å². The fourth-order valence-electron chi connectivity index (χ4n) is 3.80. The lowest BCUT2D eigenvalue weighted by Crippen LogP contribution is -2.28. The van der Waals surface area contributed by atoms with E-state index in [4.69, 9.17) is 0 Å². The molecule has 2 aromatic carbocycles. The monoisotopic (exact) mass is 334 g/mol. The Morgan fingerprint density at radius 3 is 2.72 bits per heavy atom. The molecule has 0 aromatic heterocycles. The Labute approximate surface area is 147 Å². The number of benzene rings is 2. The summed E-state index contributed by atoms with van der Waals surface area (Å²) >= 11 is 0. The fraction of sp³-hybridized carbons (Fsp3) is 0.333. The minimum Gasteiger partial charge on any atom is -0.338 e. The summed E-state index contributed by atoms with van der Waals surface area (Å²) in [6.07, 6.45) is 3.71. The quantitative estimate of drug-likeness (QED) is 0.934. The highest BCUT2D eigenvalue weighted by Gasteiger charge is 2.34. The van der Waals surface area contributed by atoms with Crippen LogP contribution >= 0.6 is 0 Å². The summed E-state index contributed by atoms with van der Waals surface area (Å²) < 4.78 is 0. The maximum absolute atomic E-state index is 12.6. The van der Waals surface area contributed by atoms with Crippen molar-refractivity contribution in [1.29, 1.82) is 0 Å². The molecule has 0 spiro atoms. The van der Waals surface area contributed by atoms with Crippen molar-refractivity contribution < 1.29 is 9.59 Å². The molecule has 0 radical (unpaired) electrons.